The lowest BCUT2D eigenvalue weighted by molar-refractivity contribution is -0.143. The van der Waals surface area contributed by atoms with Crippen LogP contribution in [0.5, 0.6) is 0 Å². The first-order chi connectivity index (χ1) is 25.5. The minimum absolute atomic E-state index is 0.0218. The smallest absolute Gasteiger partial charge is 0.305 e. The Morgan fingerprint density at radius 2 is 0.788 bits per heavy atom. The number of aliphatic hydroxyl groups excluding tert-OH is 2. The summed E-state index contributed by atoms with van der Waals surface area (Å²) in [6.45, 7) is 4.88. The first-order valence-corrected chi connectivity index (χ1v) is 23.3. The van der Waals surface area contributed by atoms with Crippen LogP contribution < -0.4 is 5.32 Å². The number of hydrogen-bond donors (Lipinski definition) is 3. The molecule has 0 fully saturated rings. The predicted octanol–water partition coefficient (Wildman–Crippen LogP) is 13.2. The monoisotopic (exact) mass is 738 g/mol. The highest BCUT2D eigenvalue weighted by Gasteiger charge is 2.20. The summed E-state index contributed by atoms with van der Waals surface area (Å²) in [5.74, 6) is -0.0849. The summed E-state index contributed by atoms with van der Waals surface area (Å²) in [6, 6.07) is -0.557. The molecule has 2 unspecified atom stereocenters. The van der Waals surface area contributed by atoms with Gasteiger partial charge in [-0.05, 0) is 25.7 Å². The second kappa shape index (κ2) is 42.6. The molecule has 0 spiro atoms. The normalized spacial score (nSPS) is 12.6. The van der Waals surface area contributed by atoms with Crippen molar-refractivity contribution < 1.29 is 24.5 Å². The summed E-state index contributed by atoms with van der Waals surface area (Å²) in [7, 11) is 0. The molecular weight excluding hydrogens is 647 g/mol. The fraction of sp³-hybridized carbons (Fsp3) is 0.957. The first-order valence-electron chi connectivity index (χ1n) is 23.3. The minimum atomic E-state index is -0.677. The molecule has 0 aliphatic heterocycles. The predicted molar refractivity (Wildman–Crippen MR) is 223 cm³/mol. The molecule has 6 heteroatoms. The minimum Gasteiger partial charge on any atom is -0.466 e. The molecule has 52 heavy (non-hydrogen) atoms. The zero-order valence-corrected chi connectivity index (χ0v) is 35.1. The Labute approximate surface area is 324 Å². The Kier molecular flexibility index (Phi) is 41.7. The molecule has 0 saturated heterocycles. The average molecular weight is 738 g/mol. The van der Waals surface area contributed by atoms with Gasteiger partial charge in [-0.25, -0.2) is 0 Å². The maximum atomic E-state index is 12.4. The maximum Gasteiger partial charge on any atom is 0.305 e. The van der Waals surface area contributed by atoms with Crippen molar-refractivity contribution in [1.82, 2.24) is 5.32 Å². The van der Waals surface area contributed by atoms with Gasteiger partial charge >= 0.3 is 5.97 Å². The van der Waals surface area contributed by atoms with Gasteiger partial charge < -0.3 is 20.3 Å². The van der Waals surface area contributed by atoms with E-state index in [0.29, 0.717) is 25.9 Å². The van der Waals surface area contributed by atoms with Gasteiger partial charge in [-0.2, -0.15) is 0 Å². The van der Waals surface area contributed by atoms with E-state index in [1.54, 1.807) is 0 Å². The zero-order chi connectivity index (χ0) is 38.0. The molecule has 0 aliphatic rings. The molecule has 0 heterocycles. The number of amides is 1. The molecule has 0 aromatic heterocycles. The number of unbranched alkanes of at least 4 members (excludes halogenated alkanes) is 32. The lowest BCUT2D eigenvalue weighted by atomic mass is 10.0. The van der Waals surface area contributed by atoms with Gasteiger partial charge in [0.1, 0.15) is 0 Å². The highest BCUT2D eigenvalue weighted by atomic mass is 16.5. The molecule has 3 N–H and O–H groups in total. The summed E-state index contributed by atoms with van der Waals surface area (Å²) in [5, 5.41) is 23.0. The van der Waals surface area contributed by atoms with Crippen molar-refractivity contribution in [2.45, 2.75) is 270 Å². The number of carbonyl (C=O) groups is 2. The van der Waals surface area contributed by atoms with Gasteiger partial charge in [-0.15, -0.1) is 0 Å². The number of aliphatic hydroxyl groups is 2. The van der Waals surface area contributed by atoms with Crippen LogP contribution in [-0.4, -0.2) is 47.4 Å². The van der Waals surface area contributed by atoms with E-state index < -0.39 is 12.1 Å². The van der Waals surface area contributed by atoms with Crippen LogP contribution in [0.3, 0.4) is 0 Å². The molecule has 6 nitrogen and oxygen atoms in total. The van der Waals surface area contributed by atoms with E-state index in [1.165, 1.54) is 167 Å². The van der Waals surface area contributed by atoms with Crippen molar-refractivity contribution in [3.8, 4) is 0 Å². The van der Waals surface area contributed by atoms with Crippen LogP contribution in [-0.2, 0) is 14.3 Å². The van der Waals surface area contributed by atoms with Crippen LogP contribution in [0.2, 0.25) is 0 Å². The van der Waals surface area contributed by atoms with Gasteiger partial charge in [0.15, 0.2) is 0 Å². The van der Waals surface area contributed by atoms with E-state index in [-0.39, 0.29) is 18.5 Å². The lowest BCUT2D eigenvalue weighted by Crippen LogP contribution is -2.45. The SMILES string of the molecule is CCCCCCCCCCCCCCCCCCC(=O)OCCCCCCCCCCCC(=O)NC(CO)C(O)CCCCCCCCCCCC. The van der Waals surface area contributed by atoms with E-state index in [9.17, 15) is 19.8 Å². The standard InChI is InChI=1S/C46H91NO5/c1-3-5-7-9-11-13-15-16-17-18-19-20-24-28-32-36-40-46(51)52-41-37-33-29-25-21-23-27-31-35-39-45(50)47-43(42-48)44(49)38-34-30-26-22-14-12-10-8-6-4-2/h43-44,48-49H,3-42H2,1-2H3,(H,47,50). The van der Waals surface area contributed by atoms with E-state index in [4.69, 9.17) is 4.74 Å². The zero-order valence-electron chi connectivity index (χ0n) is 35.1. The average Bonchev–Trinajstić information content (AvgIpc) is 3.14. The third-order valence-electron chi connectivity index (χ3n) is 10.9. The van der Waals surface area contributed by atoms with Crippen LogP contribution in [0.15, 0.2) is 0 Å². The Morgan fingerprint density at radius 1 is 0.462 bits per heavy atom. The van der Waals surface area contributed by atoms with E-state index in [2.05, 4.69) is 19.2 Å². The number of ether oxygens (including phenoxy) is 1. The lowest BCUT2D eigenvalue weighted by Gasteiger charge is -2.22. The number of nitrogens with one attached hydrogen (secondary N) is 1. The molecule has 2 atom stereocenters. The molecule has 1 amide bonds. The number of hydrogen-bond acceptors (Lipinski definition) is 5. The summed E-state index contributed by atoms with van der Waals surface area (Å²) in [5.41, 5.74) is 0. The molecule has 0 saturated carbocycles. The van der Waals surface area contributed by atoms with Crippen molar-refractivity contribution in [3.05, 3.63) is 0 Å². The quantitative estimate of drug-likeness (QED) is 0.0428. The summed E-state index contributed by atoms with van der Waals surface area (Å²) in [4.78, 5) is 24.4. The second-order valence-corrected chi connectivity index (χ2v) is 16.1. The van der Waals surface area contributed by atoms with Gasteiger partial charge in [0.05, 0.1) is 25.4 Å². The van der Waals surface area contributed by atoms with Crippen molar-refractivity contribution in [2.24, 2.45) is 0 Å². The highest BCUT2D eigenvalue weighted by Crippen LogP contribution is 2.16. The molecule has 310 valence electrons. The summed E-state index contributed by atoms with van der Waals surface area (Å²) >= 11 is 0. The van der Waals surface area contributed by atoms with E-state index >= 15 is 0 Å². The fourth-order valence-corrected chi connectivity index (χ4v) is 7.29. The highest BCUT2D eigenvalue weighted by molar-refractivity contribution is 5.76. The topological polar surface area (TPSA) is 95.9 Å². The van der Waals surface area contributed by atoms with Gasteiger partial charge in [-0.3, -0.25) is 9.59 Å². The Balaban J connectivity index is 3.45. The van der Waals surface area contributed by atoms with Crippen molar-refractivity contribution in [2.75, 3.05) is 13.2 Å². The van der Waals surface area contributed by atoms with Gasteiger partial charge in [0.25, 0.3) is 0 Å². The Bertz CT molecular complexity index is 732. The molecule has 0 rings (SSSR count). The van der Waals surface area contributed by atoms with Gasteiger partial charge in [0, 0.05) is 12.8 Å². The van der Waals surface area contributed by atoms with Crippen LogP contribution in [0.25, 0.3) is 0 Å². The number of rotatable bonds is 43. The molecule has 0 radical (unpaired) electrons. The maximum absolute atomic E-state index is 12.4. The van der Waals surface area contributed by atoms with Crippen molar-refractivity contribution in [1.29, 1.82) is 0 Å². The van der Waals surface area contributed by atoms with Crippen LogP contribution in [0, 0.1) is 0 Å². The summed E-state index contributed by atoms with van der Waals surface area (Å²) in [6.07, 6.45) is 44.9. The number of carbonyl (C=O) groups excluding carboxylic acids is 2. The molecule has 0 bridgehead atoms. The molecule has 0 aromatic carbocycles. The van der Waals surface area contributed by atoms with Crippen LogP contribution in [0.1, 0.15) is 258 Å². The third kappa shape index (κ3) is 38.6. The Morgan fingerprint density at radius 3 is 1.17 bits per heavy atom. The van der Waals surface area contributed by atoms with Gasteiger partial charge in [-0.1, -0.05) is 219 Å². The number of esters is 1. The molecular formula is C46H91NO5. The summed E-state index contributed by atoms with van der Waals surface area (Å²) < 4.78 is 5.45. The molecule has 0 aliphatic carbocycles. The second-order valence-electron chi connectivity index (χ2n) is 16.1. The first kappa shape index (κ1) is 50.9. The van der Waals surface area contributed by atoms with E-state index in [1.807, 2.05) is 0 Å². The van der Waals surface area contributed by atoms with E-state index in [0.717, 1.165) is 57.8 Å². The third-order valence-corrected chi connectivity index (χ3v) is 10.9. The molecule has 0 aromatic rings. The van der Waals surface area contributed by atoms with Crippen LogP contribution >= 0.6 is 0 Å². The largest absolute Gasteiger partial charge is 0.466 e. The van der Waals surface area contributed by atoms with Crippen molar-refractivity contribution >= 4 is 11.9 Å². The van der Waals surface area contributed by atoms with Crippen molar-refractivity contribution in [3.63, 3.8) is 0 Å². The Hall–Kier alpha value is -1.14. The van der Waals surface area contributed by atoms with Crippen LogP contribution in [0.4, 0.5) is 0 Å². The van der Waals surface area contributed by atoms with Gasteiger partial charge in [0.2, 0.25) is 5.91 Å². The fourth-order valence-electron chi connectivity index (χ4n) is 7.29.